The Morgan fingerprint density at radius 2 is 1.12 bits per heavy atom. The number of nitrogens with one attached hydrogen (secondary N) is 2. The number of carbonyl (C=O) groups excluding carboxylic acids is 2. The molecule has 0 aliphatic carbocycles. The maximum atomic E-state index is 13.5. The number of primary amides is 2. The van der Waals surface area contributed by atoms with Crippen molar-refractivity contribution >= 4 is 64.8 Å². The van der Waals surface area contributed by atoms with Gasteiger partial charge in [0.25, 0.3) is 0 Å². The van der Waals surface area contributed by atoms with Crippen LogP contribution >= 0.6 is 0 Å². The highest BCUT2D eigenvalue weighted by Gasteiger charge is 2.29. The van der Waals surface area contributed by atoms with E-state index in [2.05, 4.69) is 19.8 Å². The molecule has 49 heavy (non-hydrogen) atoms. The number of hydrogen-bond donors (Lipinski definition) is 4. The second-order valence-electron chi connectivity index (χ2n) is 11.8. The van der Waals surface area contributed by atoms with E-state index >= 15 is 0 Å². The normalized spacial score (nSPS) is 13.3. The quantitative estimate of drug-likeness (QED) is 0.128. The molecule has 0 fully saturated rings. The molecule has 0 unspecified atom stereocenters. The summed E-state index contributed by atoms with van der Waals surface area (Å²) >= 11 is 0. The number of hydrogen-bond acceptors (Lipinski definition) is 10. The van der Waals surface area contributed by atoms with Crippen LogP contribution in [-0.4, -0.2) is 83.9 Å². The van der Waals surface area contributed by atoms with Crippen molar-refractivity contribution in [1.29, 1.82) is 0 Å². The van der Waals surface area contributed by atoms with Gasteiger partial charge >= 0.3 is 0 Å². The predicted molar refractivity (Wildman–Crippen MR) is 187 cm³/mol. The van der Waals surface area contributed by atoms with Crippen LogP contribution in [0, 0.1) is 0 Å². The third kappa shape index (κ3) is 7.49. The second kappa shape index (κ2) is 13.8. The van der Waals surface area contributed by atoms with Crippen LogP contribution in [0.4, 0.5) is 11.4 Å². The van der Waals surface area contributed by atoms with E-state index in [1.807, 2.05) is 50.1 Å². The van der Waals surface area contributed by atoms with Crippen molar-refractivity contribution in [1.82, 2.24) is 24.4 Å². The van der Waals surface area contributed by atoms with Crippen molar-refractivity contribution in [2.75, 3.05) is 38.0 Å². The Hall–Kier alpha value is -5.10. The molecule has 0 spiro atoms. The van der Waals surface area contributed by atoms with Crippen LogP contribution in [0.5, 0.6) is 0 Å². The fourth-order valence-corrected chi connectivity index (χ4v) is 8.43. The van der Waals surface area contributed by atoms with Gasteiger partial charge in [-0.25, -0.2) is 16.8 Å². The summed E-state index contributed by atoms with van der Waals surface area (Å²) in [6.45, 7) is -0.341. The molecule has 15 nitrogen and oxygen atoms in total. The zero-order valence-electron chi connectivity index (χ0n) is 27.2. The van der Waals surface area contributed by atoms with Crippen molar-refractivity contribution in [3.8, 4) is 0 Å². The topological polar surface area (TPSA) is 216 Å². The van der Waals surface area contributed by atoms with Gasteiger partial charge in [0, 0.05) is 73.7 Å². The molecule has 0 saturated heterocycles. The highest BCUT2D eigenvalue weighted by atomic mass is 32.2. The first-order chi connectivity index (χ1) is 23.1. The van der Waals surface area contributed by atoms with Gasteiger partial charge in [-0.15, -0.1) is 5.10 Å². The molecule has 258 valence electrons. The van der Waals surface area contributed by atoms with E-state index in [1.54, 1.807) is 48.5 Å². The molecule has 0 radical (unpaired) electrons. The molecule has 5 aromatic rings. The number of nitrogens with two attached hydrogens (primary N) is 2. The van der Waals surface area contributed by atoms with Crippen molar-refractivity contribution in [3.63, 3.8) is 0 Å². The lowest BCUT2D eigenvalue weighted by Gasteiger charge is -2.19. The summed E-state index contributed by atoms with van der Waals surface area (Å²) in [7, 11) is -1.14. The Labute approximate surface area is 283 Å². The van der Waals surface area contributed by atoms with Crippen LogP contribution in [0.25, 0.3) is 21.5 Å². The van der Waals surface area contributed by atoms with Gasteiger partial charge in [0.05, 0.1) is 22.0 Å². The SMILES string of the molecule is CN(C)c1cccc2c(S(=O)(=O)N[C@@H](Cc3cn(C[C@H](NS(=O)(=O)c4cccc5c(N(C)C)cccc45)C(N)=O)nn3)C(N)=O)cccc12. The minimum atomic E-state index is -4.26. The van der Waals surface area contributed by atoms with E-state index in [0.717, 1.165) is 11.4 Å². The summed E-state index contributed by atoms with van der Waals surface area (Å²) in [5, 5.41) is 10.2. The summed E-state index contributed by atoms with van der Waals surface area (Å²) in [5.41, 5.74) is 13.0. The summed E-state index contributed by atoms with van der Waals surface area (Å²) < 4.78 is 60.1. The predicted octanol–water partition coefficient (Wildman–Crippen LogP) is 0.924. The molecule has 2 atom stereocenters. The Kier molecular flexibility index (Phi) is 9.91. The minimum Gasteiger partial charge on any atom is -0.377 e. The van der Waals surface area contributed by atoms with E-state index in [1.165, 1.54) is 23.0 Å². The third-order valence-electron chi connectivity index (χ3n) is 7.91. The minimum absolute atomic E-state index is 0.0377. The molecular formula is C32H37N9O6S2. The number of aromatic nitrogens is 3. The van der Waals surface area contributed by atoms with E-state index in [4.69, 9.17) is 11.5 Å². The van der Waals surface area contributed by atoms with Crippen molar-refractivity contribution in [2.45, 2.75) is 34.8 Å². The van der Waals surface area contributed by atoms with Gasteiger partial charge in [0.1, 0.15) is 12.1 Å². The van der Waals surface area contributed by atoms with E-state index in [-0.39, 0.29) is 28.5 Å². The first-order valence-corrected chi connectivity index (χ1v) is 18.0. The molecule has 6 N–H and O–H groups in total. The van der Waals surface area contributed by atoms with Crippen LogP contribution < -0.4 is 30.7 Å². The van der Waals surface area contributed by atoms with Gasteiger partial charge in [-0.3, -0.25) is 14.3 Å². The van der Waals surface area contributed by atoms with Gasteiger partial charge in [-0.1, -0.05) is 53.7 Å². The van der Waals surface area contributed by atoms with Crippen LogP contribution in [0.1, 0.15) is 5.69 Å². The molecule has 4 aromatic carbocycles. The molecule has 0 saturated carbocycles. The zero-order chi connectivity index (χ0) is 35.7. The molecule has 0 bridgehead atoms. The van der Waals surface area contributed by atoms with E-state index in [9.17, 15) is 26.4 Å². The molecule has 1 heterocycles. The highest BCUT2D eigenvalue weighted by Crippen LogP contribution is 2.31. The van der Waals surface area contributed by atoms with Crippen LogP contribution in [0.15, 0.2) is 88.8 Å². The number of fused-ring (bicyclic) bond motifs is 2. The standard InChI is InChI=1S/C32H37N9O6S2/c1-39(2)27-13-5-11-23-21(27)9-7-15-29(23)48(44,45)36-25(31(33)42)17-20-18-41(38-35-20)19-26(32(34)43)37-49(46,47)30-16-8-10-22-24(30)12-6-14-28(22)40(3)4/h5-16,18,25-26,36-37H,17,19H2,1-4H3,(H2,33,42)(H2,34,43)/t25-,26-/m0/s1. The van der Waals surface area contributed by atoms with Crippen LogP contribution in [0.2, 0.25) is 0 Å². The Bertz CT molecular complexity index is 2110. The van der Waals surface area contributed by atoms with Crippen molar-refractivity contribution in [2.24, 2.45) is 11.5 Å². The average Bonchev–Trinajstić information content (AvgIpc) is 3.49. The molecule has 17 heteroatoms. The number of amides is 2. The number of anilines is 2. The number of sulfonamides is 2. The van der Waals surface area contributed by atoms with Gasteiger partial charge in [0.15, 0.2) is 0 Å². The molecule has 1 aromatic heterocycles. The summed E-state index contributed by atoms with van der Waals surface area (Å²) in [4.78, 5) is 28.5. The summed E-state index contributed by atoms with van der Waals surface area (Å²) in [5.74, 6) is -1.92. The lowest BCUT2D eigenvalue weighted by molar-refractivity contribution is -0.120. The Balaban J connectivity index is 1.35. The van der Waals surface area contributed by atoms with Gasteiger partial charge in [0.2, 0.25) is 31.9 Å². The van der Waals surface area contributed by atoms with Gasteiger partial charge in [-0.05, 0) is 24.3 Å². The number of rotatable bonds is 14. The Morgan fingerprint density at radius 1 is 0.694 bits per heavy atom. The molecule has 2 amide bonds. The van der Waals surface area contributed by atoms with Crippen molar-refractivity contribution < 1.29 is 26.4 Å². The van der Waals surface area contributed by atoms with Crippen LogP contribution in [0.3, 0.4) is 0 Å². The Morgan fingerprint density at radius 3 is 1.57 bits per heavy atom. The maximum Gasteiger partial charge on any atom is 0.241 e. The second-order valence-corrected chi connectivity index (χ2v) is 15.2. The number of carbonyl (C=O) groups is 2. The smallest absolute Gasteiger partial charge is 0.241 e. The van der Waals surface area contributed by atoms with Gasteiger partial charge in [-0.2, -0.15) is 9.44 Å². The fourth-order valence-electron chi connectivity index (χ4n) is 5.58. The number of nitrogens with zero attached hydrogens (tertiary/aromatic N) is 5. The first kappa shape index (κ1) is 35.2. The third-order valence-corrected chi connectivity index (χ3v) is 11.0. The van der Waals surface area contributed by atoms with E-state index in [0.29, 0.717) is 21.5 Å². The summed E-state index contributed by atoms with van der Waals surface area (Å²) in [6, 6.07) is 17.4. The maximum absolute atomic E-state index is 13.5. The van der Waals surface area contributed by atoms with Gasteiger partial charge < -0.3 is 21.3 Å². The monoisotopic (exact) mass is 707 g/mol. The average molecular weight is 708 g/mol. The molecule has 5 rings (SSSR count). The van der Waals surface area contributed by atoms with Crippen LogP contribution in [-0.2, 0) is 42.6 Å². The zero-order valence-corrected chi connectivity index (χ0v) is 28.9. The first-order valence-electron chi connectivity index (χ1n) is 15.0. The van der Waals surface area contributed by atoms with E-state index < -0.39 is 43.9 Å². The number of benzene rings is 4. The largest absolute Gasteiger partial charge is 0.377 e. The lowest BCUT2D eigenvalue weighted by atomic mass is 10.1. The molecular weight excluding hydrogens is 671 g/mol. The lowest BCUT2D eigenvalue weighted by Crippen LogP contribution is -2.47. The molecule has 0 aliphatic heterocycles. The summed E-state index contributed by atoms with van der Waals surface area (Å²) in [6.07, 6.45) is 1.07. The fraction of sp³-hybridized carbons (Fsp3) is 0.250. The molecule has 0 aliphatic rings. The van der Waals surface area contributed by atoms with Crippen molar-refractivity contribution in [3.05, 3.63) is 84.7 Å². The highest BCUT2D eigenvalue weighted by molar-refractivity contribution is 7.90.